The van der Waals surface area contributed by atoms with Crippen LogP contribution in [-0.2, 0) is 5.41 Å². The Morgan fingerprint density at radius 3 is 1.66 bits per heavy atom. The van der Waals surface area contributed by atoms with Crippen molar-refractivity contribution in [1.82, 2.24) is 29.3 Å². The number of nitrogens with zero attached hydrogens (tertiary/aromatic N) is 6. The van der Waals surface area contributed by atoms with Gasteiger partial charge in [0.2, 0.25) is 5.82 Å². The third kappa shape index (κ3) is 4.89. The molecule has 7 aromatic carbocycles. The van der Waals surface area contributed by atoms with Gasteiger partial charge in [0.05, 0.1) is 16.8 Å². The molecule has 11 aromatic rings. The van der Waals surface area contributed by atoms with Gasteiger partial charge in [-0.2, -0.15) is 0 Å². The Morgan fingerprint density at radius 1 is 0.393 bits per heavy atom. The van der Waals surface area contributed by atoms with E-state index < -0.39 is 5.41 Å². The van der Waals surface area contributed by atoms with E-state index in [-0.39, 0.29) is 0 Å². The Kier molecular flexibility index (Phi) is 7.09. The molecular weight excluding hydrogens is 749 g/mol. The fourth-order valence-corrected chi connectivity index (χ4v) is 9.78. The predicted octanol–water partition coefficient (Wildman–Crippen LogP) is 12.3. The molecule has 7 heteroatoms. The summed E-state index contributed by atoms with van der Waals surface area (Å²) in [7, 11) is 0. The molecule has 0 radical (unpaired) electrons. The topological polar surface area (TPSA) is 82.0 Å². The van der Waals surface area contributed by atoms with Crippen molar-refractivity contribution in [2.75, 3.05) is 0 Å². The Labute approximate surface area is 350 Å². The van der Waals surface area contributed by atoms with E-state index in [4.69, 9.17) is 29.3 Å². The third-order valence-electron chi connectivity index (χ3n) is 12.4. The summed E-state index contributed by atoms with van der Waals surface area (Å²) in [5, 5.41) is 0. The molecule has 1 spiro atoms. The molecule has 4 heterocycles. The summed E-state index contributed by atoms with van der Waals surface area (Å²) in [6.07, 6.45) is 2.06. The molecule has 0 aliphatic heterocycles. The lowest BCUT2D eigenvalue weighted by Crippen LogP contribution is -2.25. The first-order valence-electron chi connectivity index (χ1n) is 20.4. The van der Waals surface area contributed by atoms with Crippen LogP contribution in [0.15, 0.2) is 199 Å². The number of oxazole rings is 1. The van der Waals surface area contributed by atoms with E-state index in [2.05, 4.69) is 138 Å². The first kappa shape index (κ1) is 33.7. The van der Waals surface area contributed by atoms with Crippen molar-refractivity contribution in [1.29, 1.82) is 0 Å². The quantitative estimate of drug-likeness (QED) is 0.173. The normalized spacial score (nSPS) is 13.0. The number of aromatic nitrogens is 6. The average Bonchev–Trinajstić information content (AvgIpc) is 4.09. The van der Waals surface area contributed by atoms with Crippen molar-refractivity contribution in [3.05, 3.63) is 217 Å². The number of para-hydroxylation sites is 2. The van der Waals surface area contributed by atoms with Crippen LogP contribution < -0.4 is 0 Å². The van der Waals surface area contributed by atoms with Crippen LogP contribution in [0.4, 0.5) is 0 Å². The highest BCUT2D eigenvalue weighted by molar-refractivity contribution is 5.96. The zero-order chi connectivity index (χ0) is 40.1. The van der Waals surface area contributed by atoms with Crippen LogP contribution in [0.25, 0.3) is 96.0 Å². The Hall–Kier alpha value is -8.29. The fourth-order valence-electron chi connectivity index (χ4n) is 9.78. The molecule has 284 valence electrons. The molecular formula is C54H32N6O. The highest BCUT2D eigenvalue weighted by Crippen LogP contribution is 2.63. The van der Waals surface area contributed by atoms with Crippen LogP contribution >= 0.6 is 0 Å². The van der Waals surface area contributed by atoms with Gasteiger partial charge in [0, 0.05) is 28.5 Å². The van der Waals surface area contributed by atoms with Crippen LogP contribution in [0.1, 0.15) is 22.3 Å². The summed E-state index contributed by atoms with van der Waals surface area (Å²) in [4.78, 5) is 25.3. The molecule has 0 N–H and O–H groups in total. The largest absolute Gasteiger partial charge is 0.434 e. The lowest BCUT2D eigenvalue weighted by atomic mass is 9.70. The summed E-state index contributed by atoms with van der Waals surface area (Å²) >= 11 is 0. The minimum atomic E-state index is -0.500. The van der Waals surface area contributed by atoms with Crippen molar-refractivity contribution >= 4 is 16.7 Å². The molecule has 0 fully saturated rings. The monoisotopic (exact) mass is 780 g/mol. The first-order chi connectivity index (χ1) is 30.2. The standard InChI is InChI=1S/C54H32N6O/c1-2-14-33(15-3-1)48-49(60-31-13-12-24-47(60)56-48)34-25-27-35(28-26-34)50-57-51(59-52(58-50)53-55-45-22-10-11-23-46(45)61-53)36-29-30-40-39-18-6-9-21-43(39)54(44(40)32-36)41-19-7-4-16-37(41)38-17-5-8-20-42(38)54/h1-32H. The van der Waals surface area contributed by atoms with Gasteiger partial charge in [0.25, 0.3) is 5.89 Å². The van der Waals surface area contributed by atoms with Crippen molar-refractivity contribution in [2.45, 2.75) is 5.41 Å². The maximum atomic E-state index is 6.30. The summed E-state index contributed by atoms with van der Waals surface area (Å²) in [5.74, 6) is 1.76. The summed E-state index contributed by atoms with van der Waals surface area (Å²) < 4.78 is 8.44. The van der Waals surface area contributed by atoms with Gasteiger partial charge in [0.1, 0.15) is 11.2 Å². The zero-order valence-corrected chi connectivity index (χ0v) is 32.6. The molecule has 0 atom stereocenters. The van der Waals surface area contributed by atoms with Crippen LogP contribution in [0.5, 0.6) is 0 Å². The molecule has 0 unspecified atom stereocenters. The second-order valence-corrected chi connectivity index (χ2v) is 15.6. The minimum absolute atomic E-state index is 0.338. The SMILES string of the molecule is c1ccc(-c2nc3ccccn3c2-c2ccc(-c3nc(-c4ccc5c(c4)C4(c6ccccc6-c6ccccc64)c4ccccc4-5)nc(-c4nc5ccccc5o4)n3)cc2)cc1. The number of benzene rings is 7. The Bertz CT molecular complexity index is 3450. The smallest absolute Gasteiger partial charge is 0.266 e. The molecule has 0 saturated carbocycles. The highest BCUT2D eigenvalue weighted by Gasteiger charge is 2.51. The van der Waals surface area contributed by atoms with Crippen molar-refractivity contribution in [3.8, 4) is 79.3 Å². The summed E-state index contributed by atoms with van der Waals surface area (Å²) in [6, 6.07) is 65.7. The molecule has 0 saturated heterocycles. The van der Waals surface area contributed by atoms with Crippen molar-refractivity contribution < 1.29 is 4.42 Å². The van der Waals surface area contributed by atoms with E-state index in [1.54, 1.807) is 0 Å². The molecule has 61 heavy (non-hydrogen) atoms. The van der Waals surface area contributed by atoms with E-state index in [0.717, 1.165) is 44.8 Å². The maximum Gasteiger partial charge on any atom is 0.266 e. The Morgan fingerprint density at radius 2 is 0.951 bits per heavy atom. The lowest BCUT2D eigenvalue weighted by molar-refractivity contribution is 0.612. The molecule has 0 bridgehead atoms. The molecule has 4 aromatic heterocycles. The van der Waals surface area contributed by atoms with E-state index in [9.17, 15) is 0 Å². The second-order valence-electron chi connectivity index (χ2n) is 15.6. The zero-order valence-electron chi connectivity index (χ0n) is 32.6. The van der Waals surface area contributed by atoms with E-state index in [1.807, 2.05) is 60.7 Å². The van der Waals surface area contributed by atoms with E-state index in [0.29, 0.717) is 28.9 Å². The van der Waals surface area contributed by atoms with Crippen LogP contribution in [0, 0.1) is 0 Å². The van der Waals surface area contributed by atoms with Gasteiger partial charge >= 0.3 is 0 Å². The first-order valence-corrected chi connectivity index (χ1v) is 20.4. The van der Waals surface area contributed by atoms with E-state index >= 15 is 0 Å². The van der Waals surface area contributed by atoms with Crippen molar-refractivity contribution in [2.24, 2.45) is 0 Å². The van der Waals surface area contributed by atoms with Crippen LogP contribution in [-0.4, -0.2) is 29.3 Å². The second kappa shape index (κ2) is 12.9. The van der Waals surface area contributed by atoms with Gasteiger partial charge in [-0.25, -0.2) is 24.9 Å². The van der Waals surface area contributed by atoms with Crippen LogP contribution in [0.3, 0.4) is 0 Å². The number of hydrogen-bond acceptors (Lipinski definition) is 6. The van der Waals surface area contributed by atoms with Gasteiger partial charge in [-0.05, 0) is 74.8 Å². The van der Waals surface area contributed by atoms with Crippen molar-refractivity contribution in [3.63, 3.8) is 0 Å². The number of rotatable bonds is 5. The predicted molar refractivity (Wildman–Crippen MR) is 240 cm³/mol. The molecule has 13 rings (SSSR count). The van der Waals surface area contributed by atoms with E-state index in [1.165, 1.54) is 44.5 Å². The fraction of sp³-hybridized carbons (Fsp3) is 0.0185. The van der Waals surface area contributed by atoms with Gasteiger partial charge in [0.15, 0.2) is 17.2 Å². The number of imidazole rings is 1. The van der Waals surface area contributed by atoms with Gasteiger partial charge in [-0.3, -0.25) is 4.40 Å². The highest BCUT2D eigenvalue weighted by atomic mass is 16.3. The van der Waals surface area contributed by atoms with Gasteiger partial charge < -0.3 is 4.42 Å². The van der Waals surface area contributed by atoms with Crippen LogP contribution in [0.2, 0.25) is 0 Å². The average molecular weight is 781 g/mol. The summed E-state index contributed by atoms with van der Waals surface area (Å²) in [5.41, 5.74) is 17.5. The number of pyridine rings is 1. The van der Waals surface area contributed by atoms with Gasteiger partial charge in [-0.15, -0.1) is 0 Å². The Balaban J connectivity index is 0.996. The number of fused-ring (bicyclic) bond motifs is 12. The summed E-state index contributed by atoms with van der Waals surface area (Å²) in [6.45, 7) is 0. The maximum absolute atomic E-state index is 6.30. The third-order valence-corrected chi connectivity index (χ3v) is 12.4. The molecule has 0 amide bonds. The number of hydrogen-bond donors (Lipinski definition) is 0. The minimum Gasteiger partial charge on any atom is -0.434 e. The molecule has 2 aliphatic carbocycles. The van der Waals surface area contributed by atoms with Gasteiger partial charge in [-0.1, -0.05) is 158 Å². The molecule has 2 aliphatic rings. The lowest BCUT2D eigenvalue weighted by Gasteiger charge is -2.30. The molecule has 7 nitrogen and oxygen atoms in total.